The summed E-state index contributed by atoms with van der Waals surface area (Å²) in [5, 5.41) is 3.30. The van der Waals surface area contributed by atoms with Crippen LogP contribution in [0.15, 0.2) is 29.2 Å². The lowest BCUT2D eigenvalue weighted by molar-refractivity contribution is -0.120. The molecule has 10 heteroatoms. The average molecular weight is 469 g/mol. The van der Waals surface area contributed by atoms with Gasteiger partial charge in [0.25, 0.3) is 0 Å². The number of aryl methyl sites for hydroxylation is 1. The highest BCUT2D eigenvalue weighted by Crippen LogP contribution is 2.34. The maximum atomic E-state index is 13.1. The van der Waals surface area contributed by atoms with E-state index in [1.807, 2.05) is 13.8 Å². The van der Waals surface area contributed by atoms with E-state index >= 15 is 0 Å². The Morgan fingerprint density at radius 2 is 1.81 bits per heavy atom. The Kier molecular flexibility index (Phi) is 7.13. The molecule has 1 aliphatic heterocycles. The van der Waals surface area contributed by atoms with Gasteiger partial charge in [-0.3, -0.25) is 4.79 Å². The van der Waals surface area contributed by atoms with Gasteiger partial charge in [-0.25, -0.2) is 17.6 Å². The van der Waals surface area contributed by atoms with Gasteiger partial charge in [-0.1, -0.05) is 0 Å². The van der Waals surface area contributed by atoms with Crippen molar-refractivity contribution in [2.45, 2.75) is 38.5 Å². The van der Waals surface area contributed by atoms with Crippen molar-refractivity contribution < 1.29 is 27.1 Å². The molecule has 1 aromatic heterocycles. The van der Waals surface area contributed by atoms with E-state index < -0.39 is 21.8 Å². The van der Waals surface area contributed by atoms with Crippen LogP contribution in [0.5, 0.6) is 0 Å². The number of hydrogen-bond acceptors (Lipinski definition) is 6. The molecule has 0 unspecified atom stereocenters. The second-order valence-corrected chi connectivity index (χ2v) is 10.5. The van der Waals surface area contributed by atoms with Gasteiger partial charge in [0.1, 0.15) is 10.8 Å². The Hall–Kier alpha value is -2.30. The van der Waals surface area contributed by atoms with Gasteiger partial charge in [-0.05, 0) is 63.4 Å². The zero-order chi connectivity index (χ0) is 22.8. The molecule has 1 saturated heterocycles. The molecule has 0 aliphatic carbocycles. The zero-order valence-electron chi connectivity index (χ0n) is 17.6. The molecule has 0 spiro atoms. The fraction of sp³-hybridized carbons (Fsp3) is 0.429. The molecule has 3 rings (SSSR count). The first-order valence-corrected chi connectivity index (χ1v) is 12.2. The van der Waals surface area contributed by atoms with Crippen molar-refractivity contribution in [3.8, 4) is 0 Å². The lowest BCUT2D eigenvalue weighted by Crippen LogP contribution is -2.41. The molecule has 1 amide bonds. The van der Waals surface area contributed by atoms with Crippen LogP contribution < -0.4 is 5.32 Å². The van der Waals surface area contributed by atoms with Crippen molar-refractivity contribution in [2.75, 3.05) is 25.0 Å². The van der Waals surface area contributed by atoms with Crippen LogP contribution in [0.4, 0.5) is 9.39 Å². The molecule has 1 aliphatic rings. The van der Waals surface area contributed by atoms with Crippen LogP contribution in [0.2, 0.25) is 0 Å². The van der Waals surface area contributed by atoms with Gasteiger partial charge in [0, 0.05) is 23.9 Å². The van der Waals surface area contributed by atoms with Gasteiger partial charge in [-0.15, -0.1) is 11.3 Å². The quantitative estimate of drug-likeness (QED) is 0.653. The van der Waals surface area contributed by atoms with Crippen molar-refractivity contribution in [1.82, 2.24) is 4.31 Å². The first-order chi connectivity index (χ1) is 14.6. The molecular formula is C21H25FN2O5S2. The molecule has 1 N–H and O–H groups in total. The molecule has 0 radical (unpaired) electrons. The molecule has 31 heavy (non-hydrogen) atoms. The number of sulfonamides is 1. The maximum absolute atomic E-state index is 13.1. The maximum Gasteiger partial charge on any atom is 0.341 e. The summed E-state index contributed by atoms with van der Waals surface area (Å²) in [5.41, 5.74) is 1.15. The number of esters is 1. The predicted octanol–water partition coefficient (Wildman–Crippen LogP) is 3.72. The second kappa shape index (κ2) is 9.46. The summed E-state index contributed by atoms with van der Waals surface area (Å²) < 4.78 is 45.0. The predicted molar refractivity (Wildman–Crippen MR) is 116 cm³/mol. The van der Waals surface area contributed by atoms with Crippen LogP contribution in [0.25, 0.3) is 0 Å². The summed E-state index contributed by atoms with van der Waals surface area (Å²) in [6, 6.07) is 4.70. The highest BCUT2D eigenvalue weighted by Gasteiger charge is 2.33. The van der Waals surface area contributed by atoms with E-state index in [2.05, 4.69) is 5.32 Å². The monoisotopic (exact) mass is 468 g/mol. The first-order valence-electron chi connectivity index (χ1n) is 9.98. The Balaban J connectivity index is 1.67. The van der Waals surface area contributed by atoms with Crippen LogP contribution in [0.1, 0.15) is 40.6 Å². The number of benzene rings is 1. The topological polar surface area (TPSA) is 92.8 Å². The number of carbonyl (C=O) groups is 2. The summed E-state index contributed by atoms with van der Waals surface area (Å²) in [6.07, 6.45) is 0.703. The van der Waals surface area contributed by atoms with Crippen molar-refractivity contribution in [1.29, 1.82) is 0 Å². The number of nitrogens with one attached hydrogen (secondary N) is 1. The molecule has 2 aromatic rings. The molecule has 1 fully saturated rings. The third-order valence-electron chi connectivity index (χ3n) is 5.38. The number of amides is 1. The van der Waals surface area contributed by atoms with Gasteiger partial charge in [0.05, 0.1) is 17.1 Å². The molecule has 1 aromatic carbocycles. The Morgan fingerprint density at radius 1 is 1.19 bits per heavy atom. The third-order valence-corrected chi connectivity index (χ3v) is 8.41. The SMILES string of the molecule is CCOC(=O)c1c(NC(=O)C2CCN(S(=O)(=O)c3ccc(F)cc3)CC2)sc(C)c1C. The molecule has 2 heterocycles. The number of rotatable bonds is 6. The molecule has 0 atom stereocenters. The normalized spacial score (nSPS) is 15.6. The standard InChI is InChI=1S/C21H25FN2O5S2/c1-4-29-21(26)18-13(2)14(3)30-20(18)23-19(25)15-9-11-24(12-10-15)31(27,28)17-7-5-16(22)6-8-17/h5-8,15H,4,9-12H2,1-3H3,(H,23,25). The summed E-state index contributed by atoms with van der Waals surface area (Å²) in [7, 11) is -3.74. The highest BCUT2D eigenvalue weighted by atomic mass is 32.2. The summed E-state index contributed by atoms with van der Waals surface area (Å²) >= 11 is 1.32. The van der Waals surface area contributed by atoms with Crippen molar-refractivity contribution >= 4 is 38.2 Å². The Morgan fingerprint density at radius 3 is 2.39 bits per heavy atom. The van der Waals surface area contributed by atoms with E-state index in [1.54, 1.807) is 6.92 Å². The van der Waals surface area contributed by atoms with Crippen LogP contribution in [0.3, 0.4) is 0 Å². The molecular weight excluding hydrogens is 443 g/mol. The molecule has 168 valence electrons. The average Bonchev–Trinajstić information content (AvgIpc) is 3.01. The smallest absolute Gasteiger partial charge is 0.341 e. The van der Waals surface area contributed by atoms with Crippen LogP contribution in [-0.2, 0) is 19.6 Å². The number of piperidine rings is 1. The van der Waals surface area contributed by atoms with Crippen molar-refractivity contribution in [3.63, 3.8) is 0 Å². The number of carbonyl (C=O) groups excluding carboxylic acids is 2. The number of ether oxygens (including phenoxy) is 1. The van der Waals surface area contributed by atoms with E-state index in [4.69, 9.17) is 4.74 Å². The van der Waals surface area contributed by atoms with Crippen molar-refractivity contribution in [2.24, 2.45) is 5.92 Å². The Bertz CT molecular complexity index is 1070. The minimum Gasteiger partial charge on any atom is -0.462 e. The zero-order valence-corrected chi connectivity index (χ0v) is 19.2. The van der Waals surface area contributed by atoms with Gasteiger partial charge in [0.15, 0.2) is 0 Å². The summed E-state index contributed by atoms with van der Waals surface area (Å²) in [5.74, 6) is -1.60. The largest absolute Gasteiger partial charge is 0.462 e. The number of hydrogen-bond donors (Lipinski definition) is 1. The highest BCUT2D eigenvalue weighted by molar-refractivity contribution is 7.89. The molecule has 0 bridgehead atoms. The number of nitrogens with zero attached hydrogens (tertiary/aromatic N) is 1. The minimum absolute atomic E-state index is 0.0282. The van der Waals surface area contributed by atoms with Crippen LogP contribution >= 0.6 is 11.3 Å². The third kappa shape index (κ3) is 4.97. The summed E-state index contributed by atoms with van der Waals surface area (Å²) in [6.45, 7) is 6.01. The van der Waals surface area contributed by atoms with Gasteiger partial charge in [-0.2, -0.15) is 4.31 Å². The van der Waals surface area contributed by atoms with Crippen molar-refractivity contribution in [3.05, 3.63) is 46.1 Å². The van der Waals surface area contributed by atoms with E-state index in [0.717, 1.165) is 22.6 Å². The first kappa shape index (κ1) is 23.4. The van der Waals surface area contributed by atoms with Crippen LogP contribution in [-0.4, -0.2) is 44.3 Å². The second-order valence-electron chi connectivity index (χ2n) is 7.33. The van der Waals surface area contributed by atoms with Crippen LogP contribution in [0, 0.1) is 25.6 Å². The number of anilines is 1. The molecule has 7 nitrogen and oxygen atoms in total. The number of halogens is 1. The lowest BCUT2D eigenvalue weighted by atomic mass is 9.97. The lowest BCUT2D eigenvalue weighted by Gasteiger charge is -2.30. The van der Waals surface area contributed by atoms with Gasteiger partial charge in [0.2, 0.25) is 15.9 Å². The Labute approximate surface area is 185 Å². The fourth-order valence-electron chi connectivity index (χ4n) is 3.49. The van der Waals surface area contributed by atoms with E-state index in [9.17, 15) is 22.4 Å². The van der Waals surface area contributed by atoms with E-state index in [1.165, 1.54) is 27.8 Å². The molecule has 0 saturated carbocycles. The van der Waals surface area contributed by atoms with E-state index in [0.29, 0.717) is 23.4 Å². The van der Waals surface area contributed by atoms with Gasteiger partial charge < -0.3 is 10.1 Å². The summed E-state index contributed by atoms with van der Waals surface area (Å²) in [4.78, 5) is 26.1. The number of thiophene rings is 1. The minimum atomic E-state index is -3.74. The van der Waals surface area contributed by atoms with E-state index in [-0.39, 0.29) is 36.4 Å². The van der Waals surface area contributed by atoms with Gasteiger partial charge >= 0.3 is 5.97 Å². The fourth-order valence-corrected chi connectivity index (χ4v) is 6.01.